The second-order valence-corrected chi connectivity index (χ2v) is 5.87. The third-order valence-electron chi connectivity index (χ3n) is 3.59. The van der Waals surface area contributed by atoms with E-state index in [1.54, 1.807) is 60.7 Å². The van der Waals surface area contributed by atoms with Gasteiger partial charge in [-0.1, -0.05) is 29.8 Å². The molecule has 2 aromatic carbocycles. The van der Waals surface area contributed by atoms with E-state index in [4.69, 9.17) is 16.3 Å². The molecule has 0 radical (unpaired) electrons. The van der Waals surface area contributed by atoms with E-state index in [0.717, 1.165) is 0 Å². The smallest absolute Gasteiger partial charge is 0.339 e. The minimum atomic E-state index is -0.462. The van der Waals surface area contributed by atoms with Crippen LogP contribution in [-0.2, 0) is 4.74 Å². The number of benzene rings is 2. The Morgan fingerprint density at radius 3 is 2.41 bits per heavy atom. The number of halogens is 1. The molecule has 7 nitrogen and oxygen atoms in total. The van der Waals surface area contributed by atoms with Crippen molar-refractivity contribution in [3.63, 3.8) is 0 Å². The molecule has 27 heavy (non-hydrogen) atoms. The second-order valence-electron chi connectivity index (χ2n) is 5.43. The van der Waals surface area contributed by atoms with E-state index < -0.39 is 5.97 Å². The Morgan fingerprint density at radius 1 is 0.963 bits per heavy atom. The standard InChI is InChI=1S/C19H15ClN4O3/c1-27-19(26)14-7-2-3-8-15(14)21-16-9-10-17(24-23-16)22-18(25)12-5-4-6-13(20)11-12/h2-11H,1H3,(H,21,23)(H,22,24,25). The van der Waals surface area contributed by atoms with E-state index in [9.17, 15) is 9.59 Å². The molecule has 0 fully saturated rings. The number of nitrogens with one attached hydrogen (secondary N) is 2. The van der Waals surface area contributed by atoms with Crippen molar-refractivity contribution in [3.05, 3.63) is 76.8 Å². The number of ether oxygens (including phenoxy) is 1. The summed E-state index contributed by atoms with van der Waals surface area (Å²) in [7, 11) is 1.32. The van der Waals surface area contributed by atoms with Crippen LogP contribution in [-0.4, -0.2) is 29.2 Å². The third-order valence-corrected chi connectivity index (χ3v) is 3.82. The molecule has 1 heterocycles. The van der Waals surface area contributed by atoms with Crippen LogP contribution in [0.3, 0.4) is 0 Å². The fourth-order valence-electron chi connectivity index (χ4n) is 2.30. The van der Waals surface area contributed by atoms with Crippen LogP contribution in [0.2, 0.25) is 5.02 Å². The minimum Gasteiger partial charge on any atom is -0.465 e. The highest BCUT2D eigenvalue weighted by atomic mass is 35.5. The summed E-state index contributed by atoms with van der Waals surface area (Å²) in [5.41, 5.74) is 1.33. The highest BCUT2D eigenvalue weighted by molar-refractivity contribution is 6.31. The van der Waals surface area contributed by atoms with E-state index >= 15 is 0 Å². The van der Waals surface area contributed by atoms with Crippen LogP contribution in [0.4, 0.5) is 17.3 Å². The predicted molar refractivity (Wildman–Crippen MR) is 103 cm³/mol. The molecule has 0 unspecified atom stereocenters. The molecule has 1 amide bonds. The molecule has 1 aromatic heterocycles. The molecular weight excluding hydrogens is 368 g/mol. The van der Waals surface area contributed by atoms with Gasteiger partial charge in [0, 0.05) is 10.6 Å². The van der Waals surface area contributed by atoms with Crippen molar-refractivity contribution < 1.29 is 14.3 Å². The number of carbonyl (C=O) groups is 2. The Hall–Kier alpha value is -3.45. The molecule has 0 atom stereocenters. The lowest BCUT2D eigenvalue weighted by atomic mass is 10.2. The van der Waals surface area contributed by atoms with E-state index in [2.05, 4.69) is 20.8 Å². The lowest BCUT2D eigenvalue weighted by molar-refractivity contribution is 0.0601. The van der Waals surface area contributed by atoms with Crippen molar-refractivity contribution in [2.75, 3.05) is 17.7 Å². The molecule has 0 saturated heterocycles. The predicted octanol–water partition coefficient (Wildman–Crippen LogP) is 3.91. The van der Waals surface area contributed by atoms with Gasteiger partial charge in [0.15, 0.2) is 11.6 Å². The molecule has 0 bridgehead atoms. The van der Waals surface area contributed by atoms with Crippen molar-refractivity contribution >= 4 is 40.8 Å². The first-order valence-corrected chi connectivity index (χ1v) is 8.29. The Kier molecular flexibility index (Phi) is 5.63. The second kappa shape index (κ2) is 8.29. The number of rotatable bonds is 5. The molecule has 3 rings (SSSR count). The summed E-state index contributed by atoms with van der Waals surface area (Å²) < 4.78 is 4.76. The van der Waals surface area contributed by atoms with E-state index in [1.807, 2.05) is 0 Å². The van der Waals surface area contributed by atoms with Crippen molar-refractivity contribution in [2.24, 2.45) is 0 Å². The highest BCUT2D eigenvalue weighted by Gasteiger charge is 2.12. The molecule has 136 valence electrons. The molecule has 2 N–H and O–H groups in total. The van der Waals surface area contributed by atoms with Crippen molar-refractivity contribution in [1.82, 2.24) is 10.2 Å². The first-order valence-electron chi connectivity index (χ1n) is 7.92. The highest BCUT2D eigenvalue weighted by Crippen LogP contribution is 2.20. The number of hydrogen-bond donors (Lipinski definition) is 2. The maximum absolute atomic E-state index is 12.2. The summed E-state index contributed by atoms with van der Waals surface area (Å²) >= 11 is 5.89. The summed E-state index contributed by atoms with van der Waals surface area (Å²) in [6.45, 7) is 0. The van der Waals surface area contributed by atoms with Gasteiger partial charge in [-0.05, 0) is 42.5 Å². The van der Waals surface area contributed by atoms with Crippen LogP contribution in [0.5, 0.6) is 0 Å². The maximum Gasteiger partial charge on any atom is 0.339 e. The maximum atomic E-state index is 12.2. The van der Waals surface area contributed by atoms with Crippen molar-refractivity contribution in [1.29, 1.82) is 0 Å². The van der Waals surface area contributed by atoms with Gasteiger partial charge < -0.3 is 15.4 Å². The molecule has 3 aromatic rings. The monoisotopic (exact) mass is 382 g/mol. The lowest BCUT2D eigenvalue weighted by Crippen LogP contribution is -2.13. The van der Waals surface area contributed by atoms with Crippen LogP contribution in [0.1, 0.15) is 20.7 Å². The summed E-state index contributed by atoms with van der Waals surface area (Å²) in [4.78, 5) is 24.0. The Morgan fingerprint density at radius 2 is 1.70 bits per heavy atom. The van der Waals surface area contributed by atoms with Crippen LogP contribution in [0, 0.1) is 0 Å². The first-order chi connectivity index (χ1) is 13.1. The number of anilines is 3. The molecule has 0 aliphatic carbocycles. The van der Waals surface area contributed by atoms with E-state index in [1.165, 1.54) is 7.11 Å². The van der Waals surface area contributed by atoms with Crippen LogP contribution >= 0.6 is 11.6 Å². The molecular formula is C19H15ClN4O3. The number of carbonyl (C=O) groups excluding carboxylic acids is 2. The van der Waals surface area contributed by atoms with Gasteiger partial charge in [-0.15, -0.1) is 10.2 Å². The average molecular weight is 383 g/mol. The van der Waals surface area contributed by atoms with Crippen LogP contribution < -0.4 is 10.6 Å². The van der Waals surface area contributed by atoms with E-state index in [0.29, 0.717) is 27.7 Å². The Balaban J connectivity index is 1.71. The quantitative estimate of drug-likeness (QED) is 0.650. The third kappa shape index (κ3) is 4.59. The summed E-state index contributed by atoms with van der Waals surface area (Å²) in [5, 5.41) is 14.1. The number of para-hydroxylation sites is 1. The zero-order chi connectivity index (χ0) is 19.2. The van der Waals surface area contributed by atoms with Gasteiger partial charge in [0.2, 0.25) is 0 Å². The van der Waals surface area contributed by atoms with Crippen LogP contribution in [0.15, 0.2) is 60.7 Å². The van der Waals surface area contributed by atoms with Gasteiger partial charge in [-0.3, -0.25) is 4.79 Å². The number of hydrogen-bond acceptors (Lipinski definition) is 6. The number of esters is 1. The summed E-state index contributed by atoms with van der Waals surface area (Å²) in [6, 6.07) is 16.7. The van der Waals surface area contributed by atoms with Gasteiger partial charge in [0.05, 0.1) is 18.4 Å². The SMILES string of the molecule is COC(=O)c1ccccc1Nc1ccc(NC(=O)c2cccc(Cl)c2)nn1. The van der Waals surface area contributed by atoms with Gasteiger partial charge in [-0.2, -0.15) is 0 Å². The van der Waals surface area contributed by atoms with Gasteiger partial charge in [0.1, 0.15) is 0 Å². The van der Waals surface area contributed by atoms with Crippen LogP contribution in [0.25, 0.3) is 0 Å². The summed E-state index contributed by atoms with van der Waals surface area (Å²) in [5.74, 6) is -0.112. The van der Waals surface area contributed by atoms with Crippen molar-refractivity contribution in [3.8, 4) is 0 Å². The number of amides is 1. The molecule has 0 aliphatic heterocycles. The Labute approximate surface area is 160 Å². The molecule has 0 saturated carbocycles. The van der Waals surface area contributed by atoms with Gasteiger partial charge in [0.25, 0.3) is 5.91 Å². The molecule has 8 heteroatoms. The normalized spacial score (nSPS) is 10.1. The van der Waals surface area contributed by atoms with E-state index in [-0.39, 0.29) is 11.7 Å². The first kappa shape index (κ1) is 18.3. The lowest BCUT2D eigenvalue weighted by Gasteiger charge is -2.10. The zero-order valence-electron chi connectivity index (χ0n) is 14.3. The molecule has 0 aliphatic rings. The largest absolute Gasteiger partial charge is 0.465 e. The van der Waals surface area contributed by atoms with Gasteiger partial charge >= 0.3 is 5.97 Å². The minimum absolute atomic E-state index is 0.284. The number of aromatic nitrogens is 2. The summed E-state index contributed by atoms with van der Waals surface area (Å²) in [6.07, 6.45) is 0. The van der Waals surface area contributed by atoms with Gasteiger partial charge in [-0.25, -0.2) is 4.79 Å². The number of nitrogens with zero attached hydrogens (tertiary/aromatic N) is 2. The average Bonchev–Trinajstić information content (AvgIpc) is 2.69. The van der Waals surface area contributed by atoms with Crippen molar-refractivity contribution in [2.45, 2.75) is 0 Å². The number of methoxy groups -OCH3 is 1. The zero-order valence-corrected chi connectivity index (χ0v) is 15.0. The fraction of sp³-hybridized carbons (Fsp3) is 0.0526. The topological polar surface area (TPSA) is 93.2 Å². The fourth-order valence-corrected chi connectivity index (χ4v) is 2.49. The molecule has 0 spiro atoms. The Bertz CT molecular complexity index is 977.